The minimum Gasteiger partial charge on any atom is -0.396 e. The zero-order valence-electron chi connectivity index (χ0n) is 17.2. The number of hydrogen-bond donors (Lipinski definition) is 3. The van der Waals surface area contributed by atoms with Gasteiger partial charge >= 0.3 is 0 Å². The highest BCUT2D eigenvalue weighted by atomic mass is 16.3. The third-order valence-electron chi connectivity index (χ3n) is 2.22. The molecule has 0 unspecified atom stereocenters. The fourth-order valence-electron chi connectivity index (χ4n) is 1.22. The summed E-state index contributed by atoms with van der Waals surface area (Å²) >= 11 is 0. The fourth-order valence-corrected chi connectivity index (χ4v) is 1.22. The van der Waals surface area contributed by atoms with Gasteiger partial charge < -0.3 is 15.7 Å². The van der Waals surface area contributed by atoms with Gasteiger partial charge in [0.15, 0.2) is 0 Å². The van der Waals surface area contributed by atoms with Crippen molar-refractivity contribution in [3.8, 4) is 0 Å². The van der Waals surface area contributed by atoms with Gasteiger partial charge in [0, 0.05) is 13.2 Å². The van der Waals surface area contributed by atoms with Gasteiger partial charge in [-0.15, -0.1) is 0 Å². The first-order valence-electron chi connectivity index (χ1n) is 8.94. The van der Waals surface area contributed by atoms with E-state index in [1.165, 1.54) is 12.8 Å². The SMILES string of the molecule is CC.CC.CC.CCCCNC.CNCC(C)(C)CCO. The Morgan fingerprint density at radius 3 is 1.48 bits per heavy atom. The molecule has 21 heavy (non-hydrogen) atoms. The molecular formula is C18H48N2O. The first-order chi connectivity index (χ1) is 10.0. The Bertz CT molecular complexity index is 106. The topological polar surface area (TPSA) is 44.3 Å². The van der Waals surface area contributed by atoms with Gasteiger partial charge in [0.1, 0.15) is 0 Å². The predicted octanol–water partition coefficient (Wildman–Crippen LogP) is 4.70. The average Bonchev–Trinajstić information content (AvgIpc) is 2.51. The number of rotatable bonds is 7. The lowest BCUT2D eigenvalue weighted by Crippen LogP contribution is -2.27. The number of unbranched alkanes of at least 4 members (excludes halogenated alkanes) is 1. The van der Waals surface area contributed by atoms with Crippen molar-refractivity contribution < 1.29 is 5.11 Å². The summed E-state index contributed by atoms with van der Waals surface area (Å²) in [6.07, 6.45) is 3.46. The molecule has 3 heteroatoms. The predicted molar refractivity (Wildman–Crippen MR) is 102 cm³/mol. The Morgan fingerprint density at radius 1 is 0.857 bits per heavy atom. The van der Waals surface area contributed by atoms with Crippen LogP contribution < -0.4 is 10.6 Å². The molecule has 0 spiro atoms. The summed E-state index contributed by atoms with van der Waals surface area (Å²) in [6, 6.07) is 0. The molecule has 3 N–H and O–H groups in total. The Hall–Kier alpha value is -0.120. The van der Waals surface area contributed by atoms with Gasteiger partial charge in [-0.1, -0.05) is 68.7 Å². The summed E-state index contributed by atoms with van der Waals surface area (Å²) in [5, 5.41) is 14.8. The summed E-state index contributed by atoms with van der Waals surface area (Å²) in [6.45, 7) is 20.9. The van der Waals surface area contributed by atoms with Gasteiger partial charge in [-0.3, -0.25) is 0 Å². The molecule has 0 rings (SSSR count). The second-order valence-corrected chi connectivity index (χ2v) is 4.63. The summed E-state index contributed by atoms with van der Waals surface area (Å²) < 4.78 is 0. The Labute approximate surface area is 137 Å². The molecule has 0 saturated carbocycles. The van der Waals surface area contributed by atoms with E-state index in [1.807, 2.05) is 55.6 Å². The van der Waals surface area contributed by atoms with E-state index in [1.54, 1.807) is 0 Å². The highest BCUT2D eigenvalue weighted by Crippen LogP contribution is 2.17. The average molecular weight is 309 g/mol. The highest BCUT2D eigenvalue weighted by molar-refractivity contribution is 4.69. The summed E-state index contributed by atoms with van der Waals surface area (Å²) in [5.41, 5.74) is 0.240. The van der Waals surface area contributed by atoms with E-state index >= 15 is 0 Å². The molecule has 0 aliphatic carbocycles. The van der Waals surface area contributed by atoms with Crippen molar-refractivity contribution in [3.05, 3.63) is 0 Å². The number of aliphatic hydroxyl groups is 1. The molecule has 0 saturated heterocycles. The minimum atomic E-state index is 0.240. The summed E-state index contributed by atoms with van der Waals surface area (Å²) in [7, 11) is 3.91. The van der Waals surface area contributed by atoms with Crippen LogP contribution >= 0.6 is 0 Å². The second-order valence-electron chi connectivity index (χ2n) is 4.63. The Morgan fingerprint density at radius 2 is 1.29 bits per heavy atom. The molecule has 0 amide bonds. The molecule has 0 heterocycles. The first-order valence-corrected chi connectivity index (χ1v) is 8.94. The van der Waals surface area contributed by atoms with E-state index in [9.17, 15) is 0 Å². The van der Waals surface area contributed by atoms with E-state index in [-0.39, 0.29) is 12.0 Å². The van der Waals surface area contributed by atoms with Crippen LogP contribution in [0.3, 0.4) is 0 Å². The number of hydrogen-bond acceptors (Lipinski definition) is 3. The van der Waals surface area contributed by atoms with Crippen molar-refractivity contribution in [3.63, 3.8) is 0 Å². The van der Waals surface area contributed by atoms with Crippen molar-refractivity contribution in [2.24, 2.45) is 5.41 Å². The lowest BCUT2D eigenvalue weighted by molar-refractivity contribution is 0.210. The summed E-state index contributed by atoms with van der Waals surface area (Å²) in [5.74, 6) is 0. The molecule has 0 aliphatic rings. The molecule has 0 aliphatic heterocycles. The molecule has 0 bridgehead atoms. The van der Waals surface area contributed by atoms with Crippen LogP contribution in [-0.2, 0) is 0 Å². The lowest BCUT2D eigenvalue weighted by Gasteiger charge is -2.22. The second kappa shape index (κ2) is 36.8. The van der Waals surface area contributed by atoms with Crippen molar-refractivity contribution in [2.75, 3.05) is 33.8 Å². The largest absolute Gasteiger partial charge is 0.396 e. The molecule has 136 valence electrons. The van der Waals surface area contributed by atoms with E-state index in [4.69, 9.17) is 5.11 Å². The molecule has 3 nitrogen and oxygen atoms in total. The lowest BCUT2D eigenvalue weighted by atomic mass is 9.90. The van der Waals surface area contributed by atoms with E-state index < -0.39 is 0 Å². The van der Waals surface area contributed by atoms with Crippen molar-refractivity contribution >= 4 is 0 Å². The Kier molecular flexibility index (Phi) is 57.3. The maximum Gasteiger partial charge on any atom is 0.0436 e. The van der Waals surface area contributed by atoms with Crippen LogP contribution in [0, 0.1) is 5.41 Å². The zero-order valence-corrected chi connectivity index (χ0v) is 17.2. The van der Waals surface area contributed by atoms with E-state index in [0.29, 0.717) is 0 Å². The normalized spacial score (nSPS) is 8.57. The molecule has 0 radical (unpaired) electrons. The van der Waals surface area contributed by atoms with Gasteiger partial charge in [-0.2, -0.15) is 0 Å². The molecule has 0 aromatic rings. The molecule has 0 fully saturated rings. The molecule has 0 atom stereocenters. The van der Waals surface area contributed by atoms with Crippen LogP contribution in [0.15, 0.2) is 0 Å². The van der Waals surface area contributed by atoms with Crippen molar-refractivity contribution in [1.82, 2.24) is 10.6 Å². The van der Waals surface area contributed by atoms with Crippen LogP contribution in [0.2, 0.25) is 0 Å². The van der Waals surface area contributed by atoms with Gasteiger partial charge in [0.25, 0.3) is 0 Å². The van der Waals surface area contributed by atoms with Crippen LogP contribution in [0.1, 0.15) is 81.6 Å². The minimum absolute atomic E-state index is 0.240. The van der Waals surface area contributed by atoms with Crippen LogP contribution in [0.4, 0.5) is 0 Å². The van der Waals surface area contributed by atoms with Gasteiger partial charge in [0.2, 0.25) is 0 Å². The van der Waals surface area contributed by atoms with E-state index in [0.717, 1.165) is 19.5 Å². The molecule has 0 aromatic carbocycles. The van der Waals surface area contributed by atoms with Crippen molar-refractivity contribution in [2.45, 2.75) is 81.6 Å². The number of nitrogens with one attached hydrogen (secondary N) is 2. The fraction of sp³-hybridized carbons (Fsp3) is 1.00. The van der Waals surface area contributed by atoms with E-state index in [2.05, 4.69) is 31.4 Å². The highest BCUT2D eigenvalue weighted by Gasteiger charge is 2.14. The van der Waals surface area contributed by atoms with Gasteiger partial charge in [-0.05, 0) is 38.9 Å². The van der Waals surface area contributed by atoms with Gasteiger partial charge in [0.05, 0.1) is 0 Å². The van der Waals surface area contributed by atoms with Crippen LogP contribution in [-0.4, -0.2) is 38.9 Å². The zero-order chi connectivity index (χ0) is 18.2. The van der Waals surface area contributed by atoms with Gasteiger partial charge in [-0.25, -0.2) is 0 Å². The Balaban J connectivity index is -0.0000000618. The first kappa shape index (κ1) is 32.7. The molecular weight excluding hydrogens is 260 g/mol. The smallest absolute Gasteiger partial charge is 0.0436 e. The maximum atomic E-state index is 8.60. The monoisotopic (exact) mass is 308 g/mol. The third kappa shape index (κ3) is 53.7. The summed E-state index contributed by atoms with van der Waals surface area (Å²) in [4.78, 5) is 0. The maximum absolute atomic E-state index is 8.60. The van der Waals surface area contributed by atoms with Crippen molar-refractivity contribution in [1.29, 1.82) is 0 Å². The standard InChI is InChI=1S/C7H17NO.C5H13N.3C2H6/c1-7(2,4-5-9)6-8-3;1-3-4-5-6-2;3*1-2/h8-9H,4-6H2,1-3H3;6H,3-5H2,1-2H3;3*1-2H3. The quantitative estimate of drug-likeness (QED) is 0.597. The van der Waals surface area contributed by atoms with Crippen LogP contribution in [0.25, 0.3) is 0 Å². The number of aliphatic hydroxyl groups excluding tert-OH is 1. The van der Waals surface area contributed by atoms with Crippen LogP contribution in [0.5, 0.6) is 0 Å². The third-order valence-corrected chi connectivity index (χ3v) is 2.22. The molecule has 0 aromatic heterocycles.